The largest absolute Gasteiger partial charge is 0.452 e. The van der Waals surface area contributed by atoms with Crippen molar-refractivity contribution in [1.29, 1.82) is 0 Å². The first-order valence-electron chi connectivity index (χ1n) is 7.90. The first-order valence-corrected chi connectivity index (χ1v) is 9.27. The molecule has 0 saturated heterocycles. The van der Waals surface area contributed by atoms with Crippen LogP contribution in [-0.2, 0) is 14.3 Å². The van der Waals surface area contributed by atoms with E-state index in [1.165, 1.54) is 13.0 Å². The van der Waals surface area contributed by atoms with Crippen molar-refractivity contribution in [3.8, 4) is 0 Å². The summed E-state index contributed by atoms with van der Waals surface area (Å²) in [6, 6.07) is 11.2. The van der Waals surface area contributed by atoms with Crippen LogP contribution in [0.3, 0.4) is 0 Å². The smallest absolute Gasteiger partial charge is 0.317 e. The SMILES string of the molecule is Cc1ccc(Cl)cc1NC(=O)[C@@H](C)OC(=O)CSc1ccccc1[N+](=O)[O-]. The molecule has 9 heteroatoms. The number of anilines is 1. The van der Waals surface area contributed by atoms with Crippen LogP contribution >= 0.6 is 23.4 Å². The molecule has 2 aromatic rings. The van der Waals surface area contributed by atoms with Crippen LogP contribution in [0.5, 0.6) is 0 Å². The van der Waals surface area contributed by atoms with Crippen molar-refractivity contribution in [3.05, 3.63) is 63.2 Å². The van der Waals surface area contributed by atoms with Crippen LogP contribution in [0.2, 0.25) is 5.02 Å². The molecule has 0 spiro atoms. The third-order valence-corrected chi connectivity index (χ3v) is 4.81. The maximum atomic E-state index is 12.2. The molecule has 1 N–H and O–H groups in total. The van der Waals surface area contributed by atoms with Gasteiger partial charge in [-0.3, -0.25) is 19.7 Å². The summed E-state index contributed by atoms with van der Waals surface area (Å²) in [6.45, 7) is 3.26. The number of carbonyl (C=O) groups is 2. The molecule has 0 aliphatic carbocycles. The maximum Gasteiger partial charge on any atom is 0.317 e. The van der Waals surface area contributed by atoms with Gasteiger partial charge in [-0.2, -0.15) is 0 Å². The van der Waals surface area contributed by atoms with Crippen LogP contribution in [0.1, 0.15) is 12.5 Å². The zero-order valence-electron chi connectivity index (χ0n) is 14.6. The van der Waals surface area contributed by atoms with Gasteiger partial charge < -0.3 is 10.1 Å². The number of thioether (sulfide) groups is 1. The molecule has 0 radical (unpaired) electrons. The quantitative estimate of drug-likeness (QED) is 0.319. The van der Waals surface area contributed by atoms with E-state index < -0.39 is 22.9 Å². The number of amides is 1. The normalized spacial score (nSPS) is 11.5. The van der Waals surface area contributed by atoms with Gasteiger partial charge in [-0.05, 0) is 37.6 Å². The van der Waals surface area contributed by atoms with E-state index in [9.17, 15) is 19.7 Å². The number of esters is 1. The van der Waals surface area contributed by atoms with Crippen LogP contribution in [0.25, 0.3) is 0 Å². The molecule has 2 aromatic carbocycles. The maximum absolute atomic E-state index is 12.2. The number of para-hydroxylation sites is 1. The summed E-state index contributed by atoms with van der Waals surface area (Å²) >= 11 is 6.89. The Labute approximate surface area is 165 Å². The lowest BCUT2D eigenvalue weighted by atomic mass is 10.2. The molecule has 0 heterocycles. The highest BCUT2D eigenvalue weighted by Gasteiger charge is 2.20. The Kier molecular flexibility index (Phi) is 7.20. The number of nitrogens with zero attached hydrogens (tertiary/aromatic N) is 1. The van der Waals surface area contributed by atoms with E-state index in [0.717, 1.165) is 17.3 Å². The monoisotopic (exact) mass is 408 g/mol. The van der Waals surface area contributed by atoms with Crippen molar-refractivity contribution in [2.24, 2.45) is 0 Å². The minimum atomic E-state index is -1.03. The average Bonchev–Trinajstić information content (AvgIpc) is 2.63. The van der Waals surface area contributed by atoms with Crippen molar-refractivity contribution in [2.45, 2.75) is 24.8 Å². The van der Waals surface area contributed by atoms with Crippen molar-refractivity contribution in [1.82, 2.24) is 0 Å². The Morgan fingerprint density at radius 3 is 2.70 bits per heavy atom. The van der Waals surface area contributed by atoms with Crippen LogP contribution in [0.4, 0.5) is 11.4 Å². The van der Waals surface area contributed by atoms with Gasteiger partial charge in [-0.25, -0.2) is 0 Å². The lowest BCUT2D eigenvalue weighted by Crippen LogP contribution is -2.30. The predicted molar refractivity (Wildman–Crippen MR) is 104 cm³/mol. The third kappa shape index (κ3) is 5.97. The zero-order valence-corrected chi connectivity index (χ0v) is 16.2. The number of nitro benzene ring substituents is 1. The molecule has 1 amide bonds. The Bertz CT molecular complexity index is 875. The Hall–Kier alpha value is -2.58. The number of hydrogen-bond donors (Lipinski definition) is 1. The standard InChI is InChI=1S/C18H17ClN2O5S/c1-11-7-8-13(19)9-14(11)20-18(23)12(2)26-17(22)10-27-16-6-4-3-5-15(16)21(24)25/h3-9,12H,10H2,1-2H3,(H,20,23)/t12-/m1/s1. The highest BCUT2D eigenvalue weighted by atomic mass is 35.5. The van der Waals surface area contributed by atoms with Gasteiger partial charge in [0.1, 0.15) is 0 Å². The van der Waals surface area contributed by atoms with Gasteiger partial charge in [0.2, 0.25) is 0 Å². The summed E-state index contributed by atoms with van der Waals surface area (Å²) in [7, 11) is 0. The fraction of sp³-hybridized carbons (Fsp3) is 0.222. The molecule has 2 rings (SSSR count). The summed E-state index contributed by atoms with van der Waals surface area (Å²) in [4.78, 5) is 35.0. The van der Waals surface area contributed by atoms with Crippen molar-refractivity contribution in [3.63, 3.8) is 0 Å². The molecule has 0 unspecified atom stereocenters. The first-order chi connectivity index (χ1) is 12.8. The Balaban J connectivity index is 1.91. The van der Waals surface area contributed by atoms with E-state index in [1.807, 2.05) is 6.92 Å². The number of benzene rings is 2. The van der Waals surface area contributed by atoms with E-state index in [1.54, 1.807) is 36.4 Å². The van der Waals surface area contributed by atoms with Gasteiger partial charge in [0, 0.05) is 16.8 Å². The Morgan fingerprint density at radius 2 is 2.00 bits per heavy atom. The Morgan fingerprint density at radius 1 is 1.30 bits per heavy atom. The summed E-state index contributed by atoms with van der Waals surface area (Å²) in [5, 5.41) is 14.1. The zero-order chi connectivity index (χ0) is 20.0. The topological polar surface area (TPSA) is 98.5 Å². The van der Waals surface area contributed by atoms with Gasteiger partial charge in [-0.15, -0.1) is 11.8 Å². The summed E-state index contributed by atoms with van der Waals surface area (Å²) in [5.74, 6) is -1.30. The van der Waals surface area contributed by atoms with Gasteiger partial charge >= 0.3 is 5.97 Å². The van der Waals surface area contributed by atoms with Gasteiger partial charge in [-0.1, -0.05) is 29.8 Å². The van der Waals surface area contributed by atoms with Crippen LogP contribution in [0.15, 0.2) is 47.4 Å². The molecular formula is C18H17ClN2O5S. The molecule has 27 heavy (non-hydrogen) atoms. The van der Waals surface area contributed by atoms with Crippen LogP contribution in [-0.4, -0.2) is 28.7 Å². The summed E-state index contributed by atoms with van der Waals surface area (Å²) in [5.41, 5.74) is 1.26. The molecule has 0 bridgehead atoms. The molecule has 1 atom stereocenters. The highest BCUT2D eigenvalue weighted by molar-refractivity contribution is 8.00. The van der Waals surface area contributed by atoms with E-state index in [2.05, 4.69) is 5.32 Å². The highest BCUT2D eigenvalue weighted by Crippen LogP contribution is 2.28. The van der Waals surface area contributed by atoms with Crippen molar-refractivity contribution in [2.75, 3.05) is 11.1 Å². The van der Waals surface area contributed by atoms with Gasteiger partial charge in [0.05, 0.1) is 15.6 Å². The first kappa shape index (κ1) is 20.7. The number of carbonyl (C=O) groups excluding carboxylic acids is 2. The minimum Gasteiger partial charge on any atom is -0.452 e. The summed E-state index contributed by atoms with van der Waals surface area (Å²) in [6.07, 6.45) is -1.03. The van der Waals surface area contributed by atoms with Crippen LogP contribution < -0.4 is 5.32 Å². The molecule has 0 saturated carbocycles. The fourth-order valence-electron chi connectivity index (χ4n) is 2.11. The molecule has 0 aliphatic rings. The third-order valence-electron chi connectivity index (χ3n) is 3.54. The number of nitro groups is 1. The fourth-order valence-corrected chi connectivity index (χ4v) is 3.09. The van der Waals surface area contributed by atoms with Gasteiger partial charge in [0.15, 0.2) is 6.10 Å². The van der Waals surface area contributed by atoms with Crippen molar-refractivity contribution < 1.29 is 19.2 Å². The lowest BCUT2D eigenvalue weighted by molar-refractivity contribution is -0.387. The number of halogens is 1. The molecule has 0 aliphatic heterocycles. The van der Waals surface area contributed by atoms with E-state index in [-0.39, 0.29) is 11.4 Å². The van der Waals surface area contributed by atoms with Crippen LogP contribution in [0, 0.1) is 17.0 Å². The second-order valence-corrected chi connectivity index (χ2v) is 7.05. The average molecular weight is 409 g/mol. The number of aryl methyl sites for hydroxylation is 1. The molecule has 142 valence electrons. The number of hydrogen-bond acceptors (Lipinski definition) is 6. The summed E-state index contributed by atoms with van der Waals surface area (Å²) < 4.78 is 5.10. The lowest BCUT2D eigenvalue weighted by Gasteiger charge is -2.15. The molecular weight excluding hydrogens is 392 g/mol. The number of rotatable bonds is 7. The van der Waals surface area contributed by atoms with Crippen molar-refractivity contribution >= 4 is 46.6 Å². The molecule has 0 fully saturated rings. The molecule has 7 nitrogen and oxygen atoms in total. The predicted octanol–water partition coefficient (Wildman–Crippen LogP) is 4.22. The number of ether oxygens (including phenoxy) is 1. The second-order valence-electron chi connectivity index (χ2n) is 5.59. The second kappa shape index (κ2) is 9.38. The van der Waals surface area contributed by atoms with E-state index in [4.69, 9.17) is 16.3 Å². The number of nitrogens with one attached hydrogen (secondary N) is 1. The molecule has 0 aromatic heterocycles. The van der Waals surface area contributed by atoms with E-state index >= 15 is 0 Å². The minimum absolute atomic E-state index is 0.0856. The van der Waals surface area contributed by atoms with E-state index in [0.29, 0.717) is 15.6 Å². The van der Waals surface area contributed by atoms with Gasteiger partial charge in [0.25, 0.3) is 11.6 Å².